The zero-order valence-corrected chi connectivity index (χ0v) is 10.7. The summed E-state index contributed by atoms with van der Waals surface area (Å²) in [7, 11) is 0. The predicted molar refractivity (Wildman–Crippen MR) is 67.6 cm³/mol. The maximum Gasteiger partial charge on any atom is 0.308 e. The van der Waals surface area contributed by atoms with Crippen LogP contribution in [0.3, 0.4) is 0 Å². The molecule has 0 bridgehead atoms. The van der Waals surface area contributed by atoms with Gasteiger partial charge >= 0.3 is 5.97 Å². The van der Waals surface area contributed by atoms with Gasteiger partial charge in [-0.25, -0.2) is 0 Å². The Kier molecular flexibility index (Phi) is 2.86. The van der Waals surface area contributed by atoms with Gasteiger partial charge in [-0.05, 0) is 36.1 Å². The molecule has 1 aliphatic carbocycles. The van der Waals surface area contributed by atoms with Crippen LogP contribution < -0.4 is 0 Å². The zero-order valence-electron chi connectivity index (χ0n) is 9.91. The highest BCUT2D eigenvalue weighted by molar-refractivity contribution is 7.12. The molecule has 1 N–H and O–H groups in total. The van der Waals surface area contributed by atoms with Crippen LogP contribution in [0.15, 0.2) is 17.5 Å². The second kappa shape index (κ2) is 4.39. The lowest BCUT2D eigenvalue weighted by Gasteiger charge is -2.14. The fourth-order valence-corrected chi connectivity index (χ4v) is 3.50. The molecule has 1 saturated carbocycles. The summed E-state index contributed by atoms with van der Waals surface area (Å²) >= 11 is 1.41. The molecule has 0 spiro atoms. The van der Waals surface area contributed by atoms with Crippen molar-refractivity contribution in [3.63, 3.8) is 0 Å². The van der Waals surface area contributed by atoms with Gasteiger partial charge in [-0.3, -0.25) is 9.59 Å². The van der Waals surface area contributed by atoms with Crippen molar-refractivity contribution in [1.29, 1.82) is 0 Å². The largest absolute Gasteiger partial charge is 0.481 e. The summed E-state index contributed by atoms with van der Waals surface area (Å²) in [5, 5.41) is 11.1. The minimum absolute atomic E-state index is 0.0144. The molecule has 1 saturated heterocycles. The number of rotatable bonds is 3. The van der Waals surface area contributed by atoms with E-state index in [4.69, 9.17) is 0 Å². The standard InChI is InChI=1S/C13H15NO3S/c15-12(11-2-1-5-18-11)14-6-9(8-3-4-8)10(7-14)13(16)17/h1-2,5,8-10H,3-4,6-7H2,(H,16,17)/t9-,10+/m1/s1. The van der Waals surface area contributed by atoms with Crippen LogP contribution in [0.2, 0.25) is 0 Å². The molecule has 0 radical (unpaired) electrons. The maximum absolute atomic E-state index is 12.2. The lowest BCUT2D eigenvalue weighted by atomic mass is 9.92. The minimum atomic E-state index is -0.756. The zero-order chi connectivity index (χ0) is 12.7. The highest BCUT2D eigenvalue weighted by Gasteiger charge is 2.46. The van der Waals surface area contributed by atoms with Crippen LogP contribution in [-0.4, -0.2) is 35.0 Å². The summed E-state index contributed by atoms with van der Waals surface area (Å²) in [6.45, 7) is 0.978. The first-order valence-electron chi connectivity index (χ1n) is 6.22. The predicted octanol–water partition coefficient (Wildman–Crippen LogP) is 1.93. The van der Waals surface area contributed by atoms with Gasteiger partial charge in [0.05, 0.1) is 10.8 Å². The Morgan fingerprint density at radius 1 is 1.33 bits per heavy atom. The molecule has 1 aliphatic heterocycles. The third kappa shape index (κ3) is 2.03. The molecule has 2 fully saturated rings. The van der Waals surface area contributed by atoms with E-state index in [1.807, 2.05) is 11.4 Å². The van der Waals surface area contributed by atoms with E-state index in [0.29, 0.717) is 23.9 Å². The molecule has 1 aromatic heterocycles. The SMILES string of the molecule is O=C(O)[C@H]1CN(C(=O)c2cccs2)C[C@@H]1C1CC1. The molecule has 1 aromatic rings. The Labute approximate surface area is 109 Å². The van der Waals surface area contributed by atoms with Crippen LogP contribution in [0.4, 0.5) is 0 Å². The average Bonchev–Trinajstić information content (AvgIpc) is 2.91. The fourth-order valence-electron chi connectivity index (χ4n) is 2.81. The molecule has 18 heavy (non-hydrogen) atoms. The number of amides is 1. The summed E-state index contributed by atoms with van der Waals surface area (Å²) < 4.78 is 0. The lowest BCUT2D eigenvalue weighted by Crippen LogP contribution is -2.29. The number of hydrogen-bond donors (Lipinski definition) is 1. The Morgan fingerprint density at radius 2 is 2.11 bits per heavy atom. The van der Waals surface area contributed by atoms with Gasteiger partial charge in [0.25, 0.3) is 5.91 Å². The van der Waals surface area contributed by atoms with Crippen LogP contribution in [0.5, 0.6) is 0 Å². The molecule has 0 unspecified atom stereocenters. The number of thiophene rings is 1. The van der Waals surface area contributed by atoms with Gasteiger partial charge in [0.15, 0.2) is 0 Å². The van der Waals surface area contributed by atoms with Crippen LogP contribution >= 0.6 is 11.3 Å². The Hall–Kier alpha value is -1.36. The van der Waals surface area contributed by atoms with Gasteiger partial charge in [0.1, 0.15) is 0 Å². The molecule has 3 rings (SSSR count). The van der Waals surface area contributed by atoms with Gasteiger partial charge in [-0.15, -0.1) is 11.3 Å². The average molecular weight is 265 g/mol. The van der Waals surface area contributed by atoms with Crippen LogP contribution in [0.25, 0.3) is 0 Å². The maximum atomic E-state index is 12.2. The number of hydrogen-bond acceptors (Lipinski definition) is 3. The molecule has 1 amide bonds. The Balaban J connectivity index is 1.75. The monoisotopic (exact) mass is 265 g/mol. The summed E-state index contributed by atoms with van der Waals surface area (Å²) in [5.41, 5.74) is 0. The van der Waals surface area contributed by atoms with Crippen LogP contribution in [-0.2, 0) is 4.79 Å². The van der Waals surface area contributed by atoms with E-state index in [1.54, 1.807) is 11.0 Å². The van der Waals surface area contributed by atoms with Crippen molar-refractivity contribution in [2.45, 2.75) is 12.8 Å². The summed E-state index contributed by atoms with van der Waals surface area (Å²) in [4.78, 5) is 25.9. The number of carbonyl (C=O) groups is 2. The normalized spacial score (nSPS) is 27.4. The first-order chi connectivity index (χ1) is 8.66. The fraction of sp³-hybridized carbons (Fsp3) is 0.538. The van der Waals surface area contributed by atoms with Crippen molar-refractivity contribution >= 4 is 23.2 Å². The van der Waals surface area contributed by atoms with Crippen molar-refractivity contribution in [2.75, 3.05) is 13.1 Å². The molecule has 5 heteroatoms. The Bertz CT molecular complexity index is 467. The highest BCUT2D eigenvalue weighted by atomic mass is 32.1. The first-order valence-corrected chi connectivity index (χ1v) is 7.10. The van der Waals surface area contributed by atoms with E-state index < -0.39 is 5.97 Å². The number of carboxylic acids is 1. The topological polar surface area (TPSA) is 57.6 Å². The van der Waals surface area contributed by atoms with Crippen molar-refractivity contribution < 1.29 is 14.7 Å². The quantitative estimate of drug-likeness (QED) is 0.908. The molecular weight excluding hydrogens is 250 g/mol. The first kappa shape index (κ1) is 11.7. The minimum Gasteiger partial charge on any atom is -0.481 e. The molecule has 2 aliphatic rings. The summed E-state index contributed by atoms with van der Waals surface area (Å²) in [5.74, 6) is -0.465. The molecule has 2 heterocycles. The summed E-state index contributed by atoms with van der Waals surface area (Å²) in [6, 6.07) is 3.65. The smallest absolute Gasteiger partial charge is 0.308 e. The number of likely N-dealkylation sites (tertiary alicyclic amines) is 1. The van der Waals surface area contributed by atoms with Gasteiger partial charge in [0, 0.05) is 13.1 Å². The van der Waals surface area contributed by atoms with Crippen LogP contribution in [0, 0.1) is 17.8 Å². The second-order valence-corrected chi connectivity index (χ2v) is 6.08. The number of carboxylic acid groups (broad SMARTS) is 1. The molecular formula is C13H15NO3S. The number of carbonyl (C=O) groups excluding carboxylic acids is 1. The molecule has 2 atom stereocenters. The third-order valence-corrected chi connectivity index (χ3v) is 4.79. The second-order valence-electron chi connectivity index (χ2n) is 5.13. The number of nitrogens with zero attached hydrogens (tertiary/aromatic N) is 1. The number of aliphatic carboxylic acids is 1. The van der Waals surface area contributed by atoms with E-state index in [2.05, 4.69) is 0 Å². The van der Waals surface area contributed by atoms with E-state index in [0.717, 1.165) is 12.8 Å². The van der Waals surface area contributed by atoms with Crippen molar-refractivity contribution in [2.24, 2.45) is 17.8 Å². The van der Waals surface area contributed by atoms with Gasteiger partial charge in [-0.1, -0.05) is 6.07 Å². The van der Waals surface area contributed by atoms with Crippen molar-refractivity contribution in [3.8, 4) is 0 Å². The van der Waals surface area contributed by atoms with Gasteiger partial charge < -0.3 is 10.0 Å². The third-order valence-electron chi connectivity index (χ3n) is 3.93. The van der Waals surface area contributed by atoms with E-state index in [1.165, 1.54) is 11.3 Å². The van der Waals surface area contributed by atoms with Gasteiger partial charge in [0.2, 0.25) is 0 Å². The highest BCUT2D eigenvalue weighted by Crippen LogP contribution is 2.44. The van der Waals surface area contributed by atoms with Crippen LogP contribution in [0.1, 0.15) is 22.5 Å². The Morgan fingerprint density at radius 3 is 2.67 bits per heavy atom. The van der Waals surface area contributed by atoms with E-state index in [-0.39, 0.29) is 17.7 Å². The van der Waals surface area contributed by atoms with Crippen molar-refractivity contribution in [3.05, 3.63) is 22.4 Å². The molecule has 96 valence electrons. The summed E-state index contributed by atoms with van der Waals surface area (Å²) in [6.07, 6.45) is 2.24. The van der Waals surface area contributed by atoms with Gasteiger partial charge in [-0.2, -0.15) is 0 Å². The van der Waals surface area contributed by atoms with Crippen molar-refractivity contribution in [1.82, 2.24) is 4.90 Å². The molecule has 4 nitrogen and oxygen atoms in total. The molecule has 0 aromatic carbocycles. The van der Waals surface area contributed by atoms with E-state index in [9.17, 15) is 14.7 Å². The lowest BCUT2D eigenvalue weighted by molar-refractivity contribution is -0.142. The van der Waals surface area contributed by atoms with E-state index >= 15 is 0 Å².